The van der Waals surface area contributed by atoms with Gasteiger partial charge in [-0.1, -0.05) is 39.8 Å². The van der Waals surface area contributed by atoms with E-state index in [9.17, 15) is 13.2 Å². The van der Waals surface area contributed by atoms with Crippen LogP contribution in [0.1, 0.15) is 38.3 Å². The summed E-state index contributed by atoms with van der Waals surface area (Å²) in [5, 5.41) is 0.840. The van der Waals surface area contributed by atoms with Crippen LogP contribution in [0.4, 0.5) is 13.2 Å². The highest BCUT2D eigenvalue weighted by molar-refractivity contribution is 7.15. The van der Waals surface area contributed by atoms with Crippen LogP contribution in [-0.4, -0.2) is 4.98 Å². The van der Waals surface area contributed by atoms with Gasteiger partial charge in [0.2, 0.25) is 0 Å². The zero-order chi connectivity index (χ0) is 15.8. The standard InChI is InChI=1S/C11H8F3NS.2C2H6/c1-7-15-6-10(16-7)8-3-2-4-9(5-8)11(12,13)14;2*1-2/h2-6H,1H3;2*1-2H3. The molecule has 1 heterocycles. The van der Waals surface area contributed by atoms with Crippen LogP contribution in [-0.2, 0) is 6.18 Å². The second-order valence-corrected chi connectivity index (χ2v) is 4.56. The third-order valence-electron chi connectivity index (χ3n) is 2.10. The summed E-state index contributed by atoms with van der Waals surface area (Å²) in [6, 6.07) is 5.28. The Labute approximate surface area is 122 Å². The van der Waals surface area contributed by atoms with Crippen molar-refractivity contribution >= 4 is 11.3 Å². The maximum Gasteiger partial charge on any atom is 0.416 e. The first-order chi connectivity index (χ1) is 9.47. The number of thiazole rings is 1. The fraction of sp³-hybridized carbons (Fsp3) is 0.400. The predicted molar refractivity (Wildman–Crippen MR) is 80.0 cm³/mol. The summed E-state index contributed by atoms with van der Waals surface area (Å²) >= 11 is 1.38. The highest BCUT2D eigenvalue weighted by Crippen LogP contribution is 2.33. The van der Waals surface area contributed by atoms with Crippen LogP contribution in [0.5, 0.6) is 0 Å². The predicted octanol–water partition coefficient (Wildman–Crippen LogP) is 6.19. The molecule has 0 fully saturated rings. The lowest BCUT2D eigenvalue weighted by atomic mass is 10.1. The topological polar surface area (TPSA) is 12.9 Å². The summed E-state index contributed by atoms with van der Waals surface area (Å²) in [5.74, 6) is 0. The Bertz CT molecular complexity index is 504. The quantitative estimate of drug-likeness (QED) is 0.612. The molecular weight excluding hydrogens is 283 g/mol. The molecule has 0 unspecified atom stereocenters. The monoisotopic (exact) mass is 303 g/mol. The highest BCUT2D eigenvalue weighted by Gasteiger charge is 2.30. The molecule has 0 aliphatic rings. The number of aromatic nitrogens is 1. The summed E-state index contributed by atoms with van der Waals surface area (Å²) in [6.45, 7) is 9.82. The van der Waals surface area contributed by atoms with Gasteiger partial charge in [0.05, 0.1) is 15.4 Å². The van der Waals surface area contributed by atoms with E-state index in [1.165, 1.54) is 17.4 Å². The fourth-order valence-corrected chi connectivity index (χ4v) is 2.12. The lowest BCUT2D eigenvalue weighted by Crippen LogP contribution is -2.04. The van der Waals surface area contributed by atoms with Crippen LogP contribution in [0, 0.1) is 6.92 Å². The van der Waals surface area contributed by atoms with Crippen molar-refractivity contribution in [3.8, 4) is 10.4 Å². The van der Waals surface area contributed by atoms with E-state index in [2.05, 4.69) is 4.98 Å². The maximum atomic E-state index is 12.5. The van der Waals surface area contributed by atoms with E-state index in [-0.39, 0.29) is 0 Å². The van der Waals surface area contributed by atoms with Gasteiger partial charge in [0.15, 0.2) is 0 Å². The molecule has 0 aliphatic heterocycles. The van der Waals surface area contributed by atoms with Crippen molar-refractivity contribution in [1.29, 1.82) is 0 Å². The first-order valence-corrected chi connectivity index (χ1v) is 7.38. The molecule has 2 aromatic rings. The molecule has 20 heavy (non-hydrogen) atoms. The van der Waals surface area contributed by atoms with Crippen LogP contribution in [0.15, 0.2) is 30.5 Å². The summed E-state index contributed by atoms with van der Waals surface area (Å²) in [7, 11) is 0. The minimum Gasteiger partial charge on any atom is -0.249 e. The molecule has 0 bridgehead atoms. The Morgan fingerprint density at radius 2 is 1.65 bits per heavy atom. The van der Waals surface area contributed by atoms with E-state index in [4.69, 9.17) is 0 Å². The molecule has 1 aromatic carbocycles. The molecule has 1 nitrogen and oxygen atoms in total. The normalized spacial score (nSPS) is 10.0. The van der Waals surface area contributed by atoms with E-state index in [1.807, 2.05) is 34.6 Å². The van der Waals surface area contributed by atoms with Gasteiger partial charge in [0, 0.05) is 6.20 Å². The molecule has 0 amide bonds. The van der Waals surface area contributed by atoms with Crippen molar-refractivity contribution in [3.05, 3.63) is 41.0 Å². The van der Waals surface area contributed by atoms with Crippen LogP contribution in [0.25, 0.3) is 10.4 Å². The Morgan fingerprint density at radius 3 is 2.10 bits per heavy atom. The molecule has 0 N–H and O–H groups in total. The molecule has 0 radical (unpaired) electrons. The number of alkyl halides is 3. The van der Waals surface area contributed by atoms with Crippen molar-refractivity contribution < 1.29 is 13.2 Å². The van der Waals surface area contributed by atoms with Gasteiger partial charge in [0.25, 0.3) is 0 Å². The van der Waals surface area contributed by atoms with E-state index < -0.39 is 11.7 Å². The fourth-order valence-electron chi connectivity index (χ4n) is 1.34. The molecule has 112 valence electrons. The summed E-state index contributed by atoms with van der Waals surface area (Å²) in [4.78, 5) is 4.78. The third kappa shape index (κ3) is 5.33. The van der Waals surface area contributed by atoms with Gasteiger partial charge in [-0.3, -0.25) is 0 Å². The molecule has 0 spiro atoms. The minimum atomic E-state index is -4.30. The summed E-state index contributed by atoms with van der Waals surface area (Å²) in [5.41, 5.74) is -0.0727. The van der Waals surface area contributed by atoms with Gasteiger partial charge in [-0.15, -0.1) is 11.3 Å². The molecule has 1 aromatic heterocycles. The summed E-state index contributed by atoms with van der Waals surface area (Å²) < 4.78 is 37.4. The van der Waals surface area contributed by atoms with E-state index in [0.29, 0.717) is 5.56 Å². The van der Waals surface area contributed by atoms with Crippen LogP contribution in [0.2, 0.25) is 0 Å². The van der Waals surface area contributed by atoms with Gasteiger partial charge in [0.1, 0.15) is 0 Å². The Hall–Kier alpha value is -1.36. The average molecular weight is 303 g/mol. The Balaban J connectivity index is 0.000000829. The Morgan fingerprint density at radius 1 is 1.05 bits per heavy atom. The number of benzene rings is 1. The molecule has 2 rings (SSSR count). The summed E-state index contributed by atoms with van der Waals surface area (Å²) in [6.07, 6.45) is -2.70. The zero-order valence-electron chi connectivity index (χ0n) is 12.4. The molecule has 0 aliphatic carbocycles. The number of hydrogen-bond acceptors (Lipinski definition) is 2. The van der Waals surface area contributed by atoms with E-state index in [1.54, 1.807) is 12.3 Å². The van der Waals surface area contributed by atoms with Crippen molar-refractivity contribution in [3.63, 3.8) is 0 Å². The van der Waals surface area contributed by atoms with Gasteiger partial charge >= 0.3 is 6.18 Å². The van der Waals surface area contributed by atoms with Gasteiger partial charge in [-0.05, 0) is 24.6 Å². The average Bonchev–Trinajstić information content (AvgIpc) is 2.89. The lowest BCUT2D eigenvalue weighted by Gasteiger charge is -2.07. The van der Waals surface area contributed by atoms with Gasteiger partial charge in [-0.2, -0.15) is 13.2 Å². The number of aryl methyl sites for hydroxylation is 1. The van der Waals surface area contributed by atoms with E-state index in [0.717, 1.165) is 22.0 Å². The van der Waals surface area contributed by atoms with Crippen molar-refractivity contribution in [2.45, 2.75) is 40.8 Å². The maximum absolute atomic E-state index is 12.5. The highest BCUT2D eigenvalue weighted by atomic mass is 32.1. The first kappa shape index (κ1) is 18.6. The lowest BCUT2D eigenvalue weighted by molar-refractivity contribution is -0.137. The first-order valence-electron chi connectivity index (χ1n) is 6.57. The SMILES string of the molecule is CC.CC.Cc1ncc(-c2cccc(C(F)(F)F)c2)s1. The van der Waals surface area contributed by atoms with Crippen molar-refractivity contribution in [2.24, 2.45) is 0 Å². The third-order valence-corrected chi connectivity index (χ3v) is 3.06. The van der Waals surface area contributed by atoms with Gasteiger partial charge in [-0.25, -0.2) is 4.98 Å². The number of nitrogens with zero attached hydrogens (tertiary/aromatic N) is 1. The molecule has 0 saturated carbocycles. The largest absolute Gasteiger partial charge is 0.416 e. The van der Waals surface area contributed by atoms with Crippen molar-refractivity contribution in [2.75, 3.05) is 0 Å². The Kier molecular flexibility index (Phi) is 8.15. The minimum absolute atomic E-state index is 0.556. The molecule has 5 heteroatoms. The number of hydrogen-bond donors (Lipinski definition) is 0. The smallest absolute Gasteiger partial charge is 0.249 e. The molecular formula is C15H20F3NS. The molecule has 0 atom stereocenters. The number of halogens is 3. The second kappa shape index (κ2) is 8.74. The van der Waals surface area contributed by atoms with Crippen LogP contribution < -0.4 is 0 Å². The second-order valence-electron chi connectivity index (χ2n) is 3.32. The van der Waals surface area contributed by atoms with Crippen molar-refractivity contribution in [1.82, 2.24) is 4.98 Å². The molecule has 0 saturated heterocycles. The zero-order valence-corrected chi connectivity index (χ0v) is 13.2. The number of rotatable bonds is 1. The van der Waals surface area contributed by atoms with Gasteiger partial charge < -0.3 is 0 Å². The van der Waals surface area contributed by atoms with Crippen LogP contribution in [0.3, 0.4) is 0 Å². The van der Waals surface area contributed by atoms with E-state index >= 15 is 0 Å². The van der Waals surface area contributed by atoms with Crippen LogP contribution >= 0.6 is 11.3 Å².